The maximum Gasteiger partial charge on any atom is 0.254 e. The average Bonchev–Trinajstić information content (AvgIpc) is 2.68. The standard InChI is InChI=1S/C20H24N2O2S.ClH/c1-24-19-6-4-3-5-17(19)18-13-21-11-12-22(18)20(23)16-9-7-15(8-10-16)14-25-2;/h3-10,18,21H,11-14H2,1-2H3;1H. The SMILES string of the molecule is COc1ccccc1C1CNCCN1C(=O)c1ccc(CSC)cc1.Cl. The first-order chi connectivity index (χ1) is 12.2. The van der Waals surface area contributed by atoms with Gasteiger partial charge in [0.05, 0.1) is 13.2 Å². The lowest BCUT2D eigenvalue weighted by Gasteiger charge is -2.37. The van der Waals surface area contributed by atoms with E-state index in [4.69, 9.17) is 4.74 Å². The number of benzene rings is 2. The number of carbonyl (C=O) groups excluding carboxylic acids is 1. The molecule has 6 heteroatoms. The molecule has 1 fully saturated rings. The van der Waals surface area contributed by atoms with Crippen molar-refractivity contribution in [2.24, 2.45) is 0 Å². The van der Waals surface area contributed by atoms with E-state index >= 15 is 0 Å². The number of hydrogen-bond donors (Lipinski definition) is 1. The third-order valence-corrected chi connectivity index (χ3v) is 5.14. The van der Waals surface area contributed by atoms with Crippen LogP contribution in [0.4, 0.5) is 0 Å². The van der Waals surface area contributed by atoms with Crippen molar-refractivity contribution in [1.82, 2.24) is 10.2 Å². The van der Waals surface area contributed by atoms with Crippen LogP contribution < -0.4 is 10.1 Å². The molecule has 4 nitrogen and oxygen atoms in total. The zero-order valence-electron chi connectivity index (χ0n) is 15.1. The Bertz CT molecular complexity index is 724. The Hall–Kier alpha value is -1.69. The highest BCUT2D eigenvalue weighted by Crippen LogP contribution is 2.31. The van der Waals surface area contributed by atoms with Crippen LogP contribution in [0.5, 0.6) is 5.75 Å². The number of nitrogens with one attached hydrogen (secondary N) is 1. The summed E-state index contributed by atoms with van der Waals surface area (Å²) < 4.78 is 5.51. The quantitative estimate of drug-likeness (QED) is 0.841. The number of hydrogen-bond acceptors (Lipinski definition) is 4. The number of amides is 1. The molecule has 0 spiro atoms. The Morgan fingerprint density at radius 2 is 1.96 bits per heavy atom. The van der Waals surface area contributed by atoms with Gasteiger partial charge in [0.1, 0.15) is 5.75 Å². The molecule has 0 bridgehead atoms. The number of thioether (sulfide) groups is 1. The number of methoxy groups -OCH3 is 1. The van der Waals surface area contributed by atoms with Crippen LogP contribution in [0.1, 0.15) is 27.5 Å². The van der Waals surface area contributed by atoms with E-state index in [-0.39, 0.29) is 24.4 Å². The smallest absolute Gasteiger partial charge is 0.254 e. The van der Waals surface area contributed by atoms with E-state index in [0.717, 1.165) is 35.7 Å². The third kappa shape index (κ3) is 4.53. The van der Waals surface area contributed by atoms with Crippen LogP contribution in [0.2, 0.25) is 0 Å². The summed E-state index contributed by atoms with van der Waals surface area (Å²) in [6.07, 6.45) is 2.08. The van der Waals surface area contributed by atoms with Crippen LogP contribution in [0.15, 0.2) is 48.5 Å². The Balaban J connectivity index is 0.00000243. The van der Waals surface area contributed by atoms with Gasteiger partial charge in [-0.3, -0.25) is 4.79 Å². The van der Waals surface area contributed by atoms with Gasteiger partial charge in [0, 0.05) is 36.5 Å². The van der Waals surface area contributed by atoms with E-state index < -0.39 is 0 Å². The monoisotopic (exact) mass is 392 g/mol. The van der Waals surface area contributed by atoms with Crippen molar-refractivity contribution in [2.75, 3.05) is 33.0 Å². The predicted molar refractivity (Wildman–Crippen MR) is 111 cm³/mol. The van der Waals surface area contributed by atoms with E-state index in [1.807, 2.05) is 53.4 Å². The highest BCUT2D eigenvalue weighted by Gasteiger charge is 2.30. The molecule has 1 atom stereocenters. The molecule has 2 aromatic carbocycles. The van der Waals surface area contributed by atoms with Gasteiger partial charge in [-0.1, -0.05) is 30.3 Å². The number of ether oxygens (including phenoxy) is 1. The third-order valence-electron chi connectivity index (χ3n) is 4.51. The van der Waals surface area contributed by atoms with Crippen molar-refractivity contribution in [3.8, 4) is 5.75 Å². The first-order valence-electron chi connectivity index (χ1n) is 8.47. The van der Waals surface area contributed by atoms with E-state index in [9.17, 15) is 4.79 Å². The Morgan fingerprint density at radius 1 is 1.23 bits per heavy atom. The van der Waals surface area contributed by atoms with Gasteiger partial charge < -0.3 is 15.0 Å². The normalized spacial score (nSPS) is 16.7. The Kier molecular flexibility index (Phi) is 7.82. The summed E-state index contributed by atoms with van der Waals surface area (Å²) in [6.45, 7) is 2.23. The number of rotatable bonds is 5. The van der Waals surface area contributed by atoms with Crippen LogP contribution in [-0.4, -0.2) is 43.8 Å². The highest BCUT2D eigenvalue weighted by molar-refractivity contribution is 7.97. The number of halogens is 1. The molecular formula is C20H25ClN2O2S. The van der Waals surface area contributed by atoms with E-state index in [1.54, 1.807) is 18.9 Å². The largest absolute Gasteiger partial charge is 0.496 e. The minimum Gasteiger partial charge on any atom is -0.496 e. The minimum atomic E-state index is -0.0247. The first-order valence-corrected chi connectivity index (χ1v) is 9.86. The lowest BCUT2D eigenvalue weighted by atomic mass is 10.0. The molecule has 0 aromatic heterocycles. The van der Waals surface area contributed by atoms with Crippen LogP contribution in [0, 0.1) is 0 Å². The van der Waals surface area contributed by atoms with Crippen molar-refractivity contribution < 1.29 is 9.53 Å². The van der Waals surface area contributed by atoms with E-state index in [1.165, 1.54) is 5.56 Å². The summed E-state index contributed by atoms with van der Waals surface area (Å²) in [6, 6.07) is 15.9. The number of nitrogens with zero attached hydrogens (tertiary/aromatic N) is 1. The molecule has 0 radical (unpaired) electrons. The molecule has 140 valence electrons. The summed E-state index contributed by atoms with van der Waals surface area (Å²) in [7, 11) is 1.67. The maximum atomic E-state index is 13.1. The van der Waals surface area contributed by atoms with Crippen LogP contribution in [0.3, 0.4) is 0 Å². The molecule has 1 heterocycles. The van der Waals surface area contributed by atoms with Gasteiger partial charge in [-0.15, -0.1) is 12.4 Å². The lowest BCUT2D eigenvalue weighted by Crippen LogP contribution is -2.48. The highest BCUT2D eigenvalue weighted by atomic mass is 35.5. The van der Waals surface area contributed by atoms with Gasteiger partial charge in [0.2, 0.25) is 0 Å². The fraction of sp³-hybridized carbons (Fsp3) is 0.350. The molecule has 1 aliphatic rings. The minimum absolute atomic E-state index is 0. The molecule has 1 saturated heterocycles. The molecule has 1 unspecified atom stereocenters. The Morgan fingerprint density at radius 3 is 2.65 bits per heavy atom. The molecule has 1 N–H and O–H groups in total. The fourth-order valence-corrected chi connectivity index (χ4v) is 3.77. The second kappa shape index (κ2) is 9.86. The van der Waals surface area contributed by atoms with Gasteiger partial charge in [0.25, 0.3) is 5.91 Å². The molecular weight excluding hydrogens is 368 g/mol. The number of carbonyl (C=O) groups is 1. The summed E-state index contributed by atoms with van der Waals surface area (Å²) in [5.74, 6) is 1.86. The van der Waals surface area contributed by atoms with Crippen molar-refractivity contribution >= 4 is 30.1 Å². The van der Waals surface area contributed by atoms with Gasteiger partial charge in [-0.05, 0) is 30.0 Å². The van der Waals surface area contributed by atoms with Crippen LogP contribution in [-0.2, 0) is 5.75 Å². The Labute approximate surface area is 165 Å². The lowest BCUT2D eigenvalue weighted by molar-refractivity contribution is 0.0631. The van der Waals surface area contributed by atoms with Crippen molar-refractivity contribution in [2.45, 2.75) is 11.8 Å². The zero-order valence-corrected chi connectivity index (χ0v) is 16.7. The molecule has 1 amide bonds. The molecule has 0 aliphatic carbocycles. The maximum absolute atomic E-state index is 13.1. The van der Waals surface area contributed by atoms with Crippen molar-refractivity contribution in [3.63, 3.8) is 0 Å². The molecule has 3 rings (SSSR count). The first kappa shape index (κ1) is 20.6. The predicted octanol–water partition coefficient (Wildman–Crippen LogP) is 3.77. The van der Waals surface area contributed by atoms with Crippen LogP contribution in [0.25, 0.3) is 0 Å². The van der Waals surface area contributed by atoms with Crippen molar-refractivity contribution in [3.05, 3.63) is 65.2 Å². The summed E-state index contributed by atoms with van der Waals surface area (Å²) >= 11 is 1.78. The van der Waals surface area contributed by atoms with Crippen LogP contribution >= 0.6 is 24.2 Å². The molecule has 26 heavy (non-hydrogen) atoms. The van der Waals surface area contributed by atoms with Gasteiger partial charge in [-0.25, -0.2) is 0 Å². The summed E-state index contributed by atoms with van der Waals surface area (Å²) in [5.41, 5.74) is 3.03. The summed E-state index contributed by atoms with van der Waals surface area (Å²) in [4.78, 5) is 15.1. The topological polar surface area (TPSA) is 41.6 Å². The molecule has 0 saturated carbocycles. The second-order valence-electron chi connectivity index (χ2n) is 6.09. The summed E-state index contributed by atoms with van der Waals surface area (Å²) in [5, 5.41) is 3.39. The number of para-hydroxylation sites is 1. The van der Waals surface area contributed by atoms with E-state index in [2.05, 4.69) is 11.6 Å². The molecule has 2 aromatic rings. The van der Waals surface area contributed by atoms with Gasteiger partial charge in [-0.2, -0.15) is 11.8 Å². The van der Waals surface area contributed by atoms with Gasteiger partial charge in [0.15, 0.2) is 0 Å². The fourth-order valence-electron chi connectivity index (χ4n) is 3.24. The van der Waals surface area contributed by atoms with E-state index in [0.29, 0.717) is 6.54 Å². The number of piperazine rings is 1. The second-order valence-corrected chi connectivity index (χ2v) is 6.96. The van der Waals surface area contributed by atoms with Gasteiger partial charge >= 0.3 is 0 Å². The average molecular weight is 393 g/mol. The zero-order chi connectivity index (χ0) is 17.6. The molecule has 1 aliphatic heterocycles. The van der Waals surface area contributed by atoms with Crippen molar-refractivity contribution in [1.29, 1.82) is 0 Å².